The van der Waals surface area contributed by atoms with E-state index in [9.17, 15) is 14.4 Å². The molecular weight excluding hydrogens is 420 g/mol. The van der Waals surface area contributed by atoms with Crippen LogP contribution in [-0.4, -0.2) is 28.7 Å². The van der Waals surface area contributed by atoms with Crippen LogP contribution in [0, 0.1) is 13.8 Å². The summed E-state index contributed by atoms with van der Waals surface area (Å²) in [4.78, 5) is 37.1. The fraction of sp³-hybridized carbons (Fsp3) is 0.182. The molecule has 0 aliphatic heterocycles. The molecule has 0 aliphatic rings. The number of anilines is 2. The highest BCUT2D eigenvalue weighted by molar-refractivity contribution is 6.31. The Hall–Kier alpha value is -3.65. The molecule has 31 heavy (non-hydrogen) atoms. The van der Waals surface area contributed by atoms with Gasteiger partial charge in [-0.3, -0.25) is 14.4 Å². The first-order valence-electron chi connectivity index (χ1n) is 9.37. The number of nitrogens with one attached hydrogen (secondary N) is 2. The largest absolute Gasteiger partial charge is 0.495 e. The Labute approximate surface area is 183 Å². The smallest absolute Gasteiger partial charge is 0.276 e. The zero-order valence-electron chi connectivity index (χ0n) is 17.2. The van der Waals surface area contributed by atoms with E-state index in [2.05, 4.69) is 15.7 Å². The van der Waals surface area contributed by atoms with Crippen molar-refractivity contribution >= 4 is 34.8 Å². The van der Waals surface area contributed by atoms with Crippen LogP contribution in [0.2, 0.25) is 5.02 Å². The zero-order chi connectivity index (χ0) is 22.5. The molecule has 3 rings (SSSR count). The first kappa shape index (κ1) is 22.0. The number of carbonyl (C=O) groups is 2. The molecule has 0 saturated carbocycles. The second-order valence-corrected chi connectivity index (χ2v) is 7.30. The minimum Gasteiger partial charge on any atom is -0.495 e. The Morgan fingerprint density at radius 3 is 2.52 bits per heavy atom. The van der Waals surface area contributed by atoms with Crippen LogP contribution in [0.25, 0.3) is 0 Å². The number of hydrogen-bond acceptors (Lipinski definition) is 5. The lowest BCUT2D eigenvalue weighted by atomic mass is 10.1. The maximum atomic E-state index is 12.6. The molecule has 160 valence electrons. The number of ether oxygens (including phenoxy) is 1. The molecule has 0 bridgehead atoms. The molecule has 2 N–H and O–H groups in total. The van der Waals surface area contributed by atoms with E-state index in [1.54, 1.807) is 18.2 Å². The van der Waals surface area contributed by atoms with Crippen LogP contribution in [0.5, 0.6) is 5.75 Å². The van der Waals surface area contributed by atoms with Gasteiger partial charge in [0.25, 0.3) is 11.5 Å². The minimum absolute atomic E-state index is 0.00552. The van der Waals surface area contributed by atoms with Gasteiger partial charge in [-0.05, 0) is 61.4 Å². The number of rotatable bonds is 6. The van der Waals surface area contributed by atoms with Crippen LogP contribution in [-0.2, 0) is 11.3 Å². The van der Waals surface area contributed by atoms with Gasteiger partial charge in [-0.1, -0.05) is 17.7 Å². The molecule has 0 unspecified atom stereocenters. The van der Waals surface area contributed by atoms with Crippen molar-refractivity contribution in [3.05, 3.63) is 80.7 Å². The van der Waals surface area contributed by atoms with Gasteiger partial charge in [-0.15, -0.1) is 0 Å². The van der Waals surface area contributed by atoms with Gasteiger partial charge in [-0.25, -0.2) is 4.68 Å². The van der Waals surface area contributed by atoms with E-state index in [-0.39, 0.29) is 12.2 Å². The Morgan fingerprint density at radius 2 is 1.81 bits per heavy atom. The second-order valence-electron chi connectivity index (χ2n) is 6.86. The number of benzene rings is 2. The Bertz CT molecular complexity index is 1210. The number of nitrogens with zero attached hydrogens (tertiary/aromatic N) is 2. The van der Waals surface area contributed by atoms with Gasteiger partial charge in [0, 0.05) is 16.8 Å². The van der Waals surface area contributed by atoms with Crippen molar-refractivity contribution in [3.63, 3.8) is 0 Å². The van der Waals surface area contributed by atoms with Crippen LogP contribution in [0.4, 0.5) is 11.4 Å². The van der Waals surface area contributed by atoms with E-state index < -0.39 is 17.4 Å². The minimum atomic E-state index is -0.526. The van der Waals surface area contributed by atoms with Gasteiger partial charge in [0.2, 0.25) is 5.91 Å². The van der Waals surface area contributed by atoms with Crippen LogP contribution >= 0.6 is 11.6 Å². The summed E-state index contributed by atoms with van der Waals surface area (Å²) < 4.78 is 6.11. The van der Waals surface area contributed by atoms with Crippen molar-refractivity contribution in [3.8, 4) is 5.75 Å². The predicted octanol–water partition coefficient (Wildman–Crippen LogP) is 3.41. The summed E-state index contributed by atoms with van der Waals surface area (Å²) in [5.74, 6) is -0.601. The van der Waals surface area contributed by atoms with Crippen molar-refractivity contribution in [2.75, 3.05) is 17.7 Å². The van der Waals surface area contributed by atoms with Gasteiger partial charge < -0.3 is 15.4 Å². The highest BCUT2D eigenvalue weighted by atomic mass is 35.5. The second kappa shape index (κ2) is 9.44. The molecule has 0 fully saturated rings. The van der Waals surface area contributed by atoms with Crippen molar-refractivity contribution in [2.45, 2.75) is 20.4 Å². The summed E-state index contributed by atoms with van der Waals surface area (Å²) in [5, 5.41) is 9.81. The molecule has 2 aromatic carbocycles. The molecule has 2 amide bonds. The third-order valence-electron chi connectivity index (χ3n) is 4.59. The molecule has 1 heterocycles. The number of aromatic nitrogens is 2. The fourth-order valence-corrected chi connectivity index (χ4v) is 2.97. The molecule has 0 aliphatic carbocycles. The summed E-state index contributed by atoms with van der Waals surface area (Å²) in [6, 6.07) is 12.8. The van der Waals surface area contributed by atoms with Gasteiger partial charge in [0.15, 0.2) is 0 Å². The molecule has 0 spiro atoms. The number of halogens is 1. The van der Waals surface area contributed by atoms with Crippen LogP contribution < -0.4 is 20.9 Å². The lowest BCUT2D eigenvalue weighted by molar-refractivity contribution is -0.117. The molecule has 0 radical (unpaired) electrons. The third-order valence-corrected chi connectivity index (χ3v) is 4.83. The van der Waals surface area contributed by atoms with Crippen LogP contribution in [0.3, 0.4) is 0 Å². The maximum Gasteiger partial charge on any atom is 0.276 e. The monoisotopic (exact) mass is 440 g/mol. The number of amides is 2. The Morgan fingerprint density at radius 1 is 1.03 bits per heavy atom. The highest BCUT2D eigenvalue weighted by Crippen LogP contribution is 2.27. The van der Waals surface area contributed by atoms with E-state index in [0.29, 0.717) is 22.1 Å². The summed E-state index contributed by atoms with van der Waals surface area (Å²) in [6.45, 7) is 3.53. The lowest BCUT2D eigenvalue weighted by Crippen LogP contribution is -2.31. The molecule has 1 aromatic heterocycles. The van der Waals surface area contributed by atoms with Crippen LogP contribution in [0.1, 0.15) is 21.6 Å². The molecule has 8 nitrogen and oxygen atoms in total. The highest BCUT2D eigenvalue weighted by Gasteiger charge is 2.14. The topological polar surface area (TPSA) is 102 Å². The van der Waals surface area contributed by atoms with Gasteiger partial charge in [-0.2, -0.15) is 5.10 Å². The molecule has 0 saturated heterocycles. The predicted molar refractivity (Wildman–Crippen MR) is 119 cm³/mol. The van der Waals surface area contributed by atoms with E-state index >= 15 is 0 Å². The number of methoxy groups -OCH3 is 1. The van der Waals surface area contributed by atoms with Gasteiger partial charge >= 0.3 is 0 Å². The van der Waals surface area contributed by atoms with Crippen molar-refractivity contribution in [2.24, 2.45) is 0 Å². The lowest BCUT2D eigenvalue weighted by Gasteiger charge is -2.12. The summed E-state index contributed by atoms with van der Waals surface area (Å²) >= 11 is 5.96. The number of carbonyl (C=O) groups excluding carboxylic acids is 2. The quantitative estimate of drug-likeness (QED) is 0.611. The van der Waals surface area contributed by atoms with Crippen molar-refractivity contribution < 1.29 is 14.3 Å². The van der Waals surface area contributed by atoms with Crippen molar-refractivity contribution in [1.82, 2.24) is 9.78 Å². The third kappa shape index (κ3) is 5.49. The fourth-order valence-electron chi connectivity index (χ4n) is 2.80. The molecule has 0 atom stereocenters. The van der Waals surface area contributed by atoms with Gasteiger partial charge in [0.1, 0.15) is 18.0 Å². The zero-order valence-corrected chi connectivity index (χ0v) is 18.0. The van der Waals surface area contributed by atoms with E-state index in [1.165, 1.54) is 25.3 Å². The first-order chi connectivity index (χ1) is 14.8. The van der Waals surface area contributed by atoms with Gasteiger partial charge in [0.05, 0.1) is 12.8 Å². The Kier molecular flexibility index (Phi) is 6.71. The standard InChI is InChI=1S/C22H21ClN4O4/c1-13-4-6-16(10-14(13)2)24-22(30)17-7-9-21(29)27(26-17)12-20(28)25-18-11-15(23)5-8-19(18)31-3/h4-11H,12H2,1-3H3,(H,24,30)(H,25,28). The normalized spacial score (nSPS) is 10.5. The molecule has 9 heteroatoms. The number of aryl methyl sites for hydroxylation is 2. The van der Waals surface area contributed by atoms with E-state index in [4.69, 9.17) is 16.3 Å². The molecular formula is C22H21ClN4O4. The van der Waals surface area contributed by atoms with Crippen molar-refractivity contribution in [1.29, 1.82) is 0 Å². The SMILES string of the molecule is COc1ccc(Cl)cc1NC(=O)Cn1nc(C(=O)Nc2ccc(C)c(C)c2)ccc1=O. The summed E-state index contributed by atoms with van der Waals surface area (Å²) in [5.41, 5.74) is 2.59. The van der Waals surface area contributed by atoms with Crippen LogP contribution in [0.15, 0.2) is 53.3 Å². The average molecular weight is 441 g/mol. The molecule has 3 aromatic rings. The van der Waals surface area contributed by atoms with E-state index in [0.717, 1.165) is 15.8 Å². The number of hydrogen-bond donors (Lipinski definition) is 2. The summed E-state index contributed by atoms with van der Waals surface area (Å²) in [6.07, 6.45) is 0. The maximum absolute atomic E-state index is 12.6. The first-order valence-corrected chi connectivity index (χ1v) is 9.75. The summed E-state index contributed by atoms with van der Waals surface area (Å²) in [7, 11) is 1.46. The Balaban J connectivity index is 1.75. The average Bonchev–Trinajstić information content (AvgIpc) is 2.72. The van der Waals surface area contributed by atoms with E-state index in [1.807, 2.05) is 26.0 Å².